The third-order valence-corrected chi connectivity index (χ3v) is 3.24. The molecule has 22 heavy (non-hydrogen) atoms. The second kappa shape index (κ2) is 7.56. The Morgan fingerprint density at radius 1 is 1.23 bits per heavy atom. The summed E-state index contributed by atoms with van der Waals surface area (Å²) in [4.78, 5) is 13.1. The van der Waals surface area contributed by atoms with Crippen LogP contribution in [0.15, 0.2) is 48.5 Å². The average Bonchev–Trinajstić information content (AvgIpc) is 2.47. The fraction of sp³-hybridized carbons (Fsp3) is 0.235. The summed E-state index contributed by atoms with van der Waals surface area (Å²) < 4.78 is 18.3. The van der Waals surface area contributed by atoms with E-state index in [1.165, 1.54) is 12.1 Å². The van der Waals surface area contributed by atoms with E-state index >= 15 is 0 Å². The number of hydrogen-bond acceptors (Lipinski definition) is 2. The second-order valence-corrected chi connectivity index (χ2v) is 5.19. The Morgan fingerprint density at radius 2 is 2.00 bits per heavy atom. The van der Waals surface area contributed by atoms with E-state index in [1.807, 2.05) is 25.2 Å². The van der Waals surface area contributed by atoms with Gasteiger partial charge in [-0.05, 0) is 24.3 Å². The van der Waals surface area contributed by atoms with E-state index in [0.717, 1.165) is 10.5 Å². The number of methoxy groups -OCH3 is 1. The van der Waals surface area contributed by atoms with Crippen molar-refractivity contribution in [3.05, 3.63) is 59.9 Å². The number of rotatable bonds is 6. The van der Waals surface area contributed by atoms with Crippen LogP contribution in [-0.2, 0) is 11.3 Å². The molecule has 2 aromatic rings. The summed E-state index contributed by atoms with van der Waals surface area (Å²) in [7, 11) is 3.46. The number of carbonyl (C=O) groups excluding carboxylic acids is 1. The number of amides is 1. The maximum Gasteiger partial charge on any atom is 0.279 e. The van der Waals surface area contributed by atoms with Gasteiger partial charge in [-0.15, -0.1) is 0 Å². The summed E-state index contributed by atoms with van der Waals surface area (Å²) in [6.07, 6.45) is 0. The van der Waals surface area contributed by atoms with E-state index in [0.29, 0.717) is 18.0 Å². The maximum absolute atomic E-state index is 13.1. The van der Waals surface area contributed by atoms with Crippen molar-refractivity contribution in [3.8, 4) is 5.75 Å². The largest absolute Gasteiger partial charge is 0.495 e. The number of para-hydroxylation sites is 2. The van der Waals surface area contributed by atoms with Crippen LogP contribution in [0.3, 0.4) is 0 Å². The van der Waals surface area contributed by atoms with Gasteiger partial charge < -0.3 is 15.0 Å². The number of benzene rings is 2. The minimum atomic E-state index is -0.260. The van der Waals surface area contributed by atoms with Crippen molar-refractivity contribution in [3.63, 3.8) is 0 Å². The molecule has 1 unspecified atom stereocenters. The molecular formula is C17H20FN2O2+. The number of carbonyl (C=O) groups is 1. The van der Waals surface area contributed by atoms with Crippen LogP contribution in [0, 0.1) is 5.82 Å². The number of likely N-dealkylation sites (N-methyl/N-ethyl adjacent to an activating group) is 1. The molecule has 0 aliphatic heterocycles. The molecule has 2 rings (SSSR count). The first-order valence-electron chi connectivity index (χ1n) is 7.07. The second-order valence-electron chi connectivity index (χ2n) is 5.19. The maximum atomic E-state index is 13.1. The lowest BCUT2D eigenvalue weighted by Crippen LogP contribution is -3.08. The van der Waals surface area contributed by atoms with Crippen molar-refractivity contribution in [2.45, 2.75) is 6.54 Å². The summed E-state index contributed by atoms with van der Waals surface area (Å²) in [5.41, 5.74) is 1.51. The molecule has 116 valence electrons. The molecule has 1 atom stereocenters. The fourth-order valence-electron chi connectivity index (χ4n) is 2.27. The molecule has 0 bridgehead atoms. The van der Waals surface area contributed by atoms with Gasteiger partial charge in [0.1, 0.15) is 18.1 Å². The average molecular weight is 303 g/mol. The Hall–Kier alpha value is -2.40. The molecule has 4 nitrogen and oxygen atoms in total. The number of anilines is 1. The van der Waals surface area contributed by atoms with Crippen LogP contribution in [-0.4, -0.2) is 26.6 Å². The summed E-state index contributed by atoms with van der Waals surface area (Å²) in [5.74, 6) is 0.251. The molecule has 0 saturated carbocycles. The van der Waals surface area contributed by atoms with E-state index in [1.54, 1.807) is 25.3 Å². The Kier molecular flexibility index (Phi) is 5.49. The number of ether oxygens (including phenoxy) is 1. The first-order chi connectivity index (χ1) is 10.6. The zero-order valence-electron chi connectivity index (χ0n) is 12.7. The lowest BCUT2D eigenvalue weighted by Gasteiger charge is -2.15. The van der Waals surface area contributed by atoms with Crippen molar-refractivity contribution < 1.29 is 18.8 Å². The molecule has 2 N–H and O–H groups in total. The fourth-order valence-corrected chi connectivity index (χ4v) is 2.27. The molecule has 0 fully saturated rings. The zero-order chi connectivity index (χ0) is 15.9. The van der Waals surface area contributed by atoms with Crippen molar-refractivity contribution >= 4 is 11.6 Å². The molecule has 0 aliphatic carbocycles. The lowest BCUT2D eigenvalue weighted by molar-refractivity contribution is -0.885. The summed E-state index contributed by atoms with van der Waals surface area (Å²) in [6, 6.07) is 13.7. The van der Waals surface area contributed by atoms with E-state index in [-0.39, 0.29) is 18.3 Å². The smallest absolute Gasteiger partial charge is 0.279 e. The number of nitrogens with one attached hydrogen (secondary N) is 2. The first kappa shape index (κ1) is 16.0. The Balaban J connectivity index is 1.91. The van der Waals surface area contributed by atoms with Crippen LogP contribution in [0.2, 0.25) is 0 Å². The molecule has 0 aliphatic rings. The van der Waals surface area contributed by atoms with Crippen molar-refractivity contribution in [2.24, 2.45) is 0 Å². The topological polar surface area (TPSA) is 42.8 Å². The van der Waals surface area contributed by atoms with Gasteiger partial charge in [0.15, 0.2) is 6.54 Å². The highest BCUT2D eigenvalue weighted by Gasteiger charge is 2.13. The van der Waals surface area contributed by atoms with Crippen LogP contribution in [0.1, 0.15) is 5.56 Å². The van der Waals surface area contributed by atoms with Crippen LogP contribution >= 0.6 is 0 Å². The molecule has 2 aromatic carbocycles. The van der Waals surface area contributed by atoms with Crippen molar-refractivity contribution in [1.29, 1.82) is 0 Å². The molecule has 1 amide bonds. The summed E-state index contributed by atoms with van der Waals surface area (Å²) >= 11 is 0. The Bertz CT molecular complexity index is 646. The van der Waals surface area contributed by atoms with E-state index in [9.17, 15) is 9.18 Å². The monoisotopic (exact) mass is 303 g/mol. The Morgan fingerprint density at radius 3 is 2.73 bits per heavy atom. The van der Waals surface area contributed by atoms with E-state index in [4.69, 9.17) is 4.74 Å². The highest BCUT2D eigenvalue weighted by molar-refractivity contribution is 5.92. The number of quaternary nitrogens is 1. The quantitative estimate of drug-likeness (QED) is 0.849. The van der Waals surface area contributed by atoms with Crippen molar-refractivity contribution in [1.82, 2.24) is 0 Å². The van der Waals surface area contributed by atoms with Gasteiger partial charge in [-0.25, -0.2) is 4.39 Å². The lowest BCUT2D eigenvalue weighted by atomic mass is 10.2. The SMILES string of the molecule is COc1ccccc1NC(=O)C[NH+](C)Cc1cccc(F)c1. The van der Waals surface area contributed by atoms with Gasteiger partial charge in [0.2, 0.25) is 0 Å². The van der Waals surface area contributed by atoms with Crippen LogP contribution in [0.4, 0.5) is 10.1 Å². The highest BCUT2D eigenvalue weighted by atomic mass is 19.1. The van der Waals surface area contributed by atoms with Crippen LogP contribution in [0.5, 0.6) is 5.75 Å². The zero-order valence-corrected chi connectivity index (χ0v) is 12.7. The van der Waals surface area contributed by atoms with Crippen LogP contribution < -0.4 is 15.0 Å². The third kappa shape index (κ3) is 4.56. The molecule has 0 heterocycles. The van der Waals surface area contributed by atoms with Gasteiger partial charge in [0, 0.05) is 5.56 Å². The van der Waals surface area contributed by atoms with E-state index < -0.39 is 0 Å². The molecule has 0 radical (unpaired) electrons. The molecule has 0 aromatic heterocycles. The molecule has 0 spiro atoms. The molecule has 0 saturated heterocycles. The summed E-state index contributed by atoms with van der Waals surface area (Å²) in [6.45, 7) is 0.867. The van der Waals surface area contributed by atoms with Crippen molar-refractivity contribution in [2.75, 3.05) is 26.0 Å². The summed E-state index contributed by atoms with van der Waals surface area (Å²) in [5, 5.41) is 2.83. The first-order valence-corrected chi connectivity index (χ1v) is 7.07. The standard InChI is InChI=1S/C17H19FN2O2/c1-20(11-13-6-5-7-14(18)10-13)12-17(21)19-15-8-3-4-9-16(15)22-2/h3-10H,11-12H2,1-2H3,(H,19,21)/p+1. The van der Waals surface area contributed by atoms with Gasteiger partial charge in [-0.1, -0.05) is 24.3 Å². The number of halogens is 1. The Labute approximate surface area is 129 Å². The molecular weight excluding hydrogens is 283 g/mol. The van der Waals surface area contributed by atoms with Crippen LogP contribution in [0.25, 0.3) is 0 Å². The molecule has 5 heteroatoms. The predicted molar refractivity (Wildman–Crippen MR) is 83.5 cm³/mol. The third-order valence-electron chi connectivity index (χ3n) is 3.24. The minimum Gasteiger partial charge on any atom is -0.495 e. The minimum absolute atomic E-state index is 0.113. The van der Waals surface area contributed by atoms with Gasteiger partial charge in [0.05, 0.1) is 19.8 Å². The normalized spacial score (nSPS) is 11.8. The van der Waals surface area contributed by atoms with Gasteiger partial charge in [-0.2, -0.15) is 0 Å². The van der Waals surface area contributed by atoms with Gasteiger partial charge in [-0.3, -0.25) is 4.79 Å². The van der Waals surface area contributed by atoms with Gasteiger partial charge >= 0.3 is 0 Å². The van der Waals surface area contributed by atoms with E-state index in [2.05, 4.69) is 5.32 Å². The van der Waals surface area contributed by atoms with Gasteiger partial charge in [0.25, 0.3) is 5.91 Å². The highest BCUT2D eigenvalue weighted by Crippen LogP contribution is 2.22. The predicted octanol–water partition coefficient (Wildman–Crippen LogP) is 1.49. The number of hydrogen-bond donors (Lipinski definition) is 2.